The number of piperazine rings is 1. The van der Waals surface area contributed by atoms with Gasteiger partial charge in [-0.1, -0.05) is 12.1 Å². The number of hydrogen-bond donors (Lipinski definition) is 3. The molecule has 1 saturated heterocycles. The zero-order valence-corrected chi connectivity index (χ0v) is 18.0. The highest BCUT2D eigenvalue weighted by molar-refractivity contribution is 5.97. The number of likely N-dealkylation sites (N-methyl/N-ethyl adjacent to an activating group) is 1. The Hall–Kier alpha value is -3.06. The Bertz CT molecular complexity index is 892. The summed E-state index contributed by atoms with van der Waals surface area (Å²) in [7, 11) is 3.75. The predicted octanol–water partition coefficient (Wildman–Crippen LogP) is 1.10. The van der Waals surface area contributed by atoms with Crippen LogP contribution in [0.15, 0.2) is 42.5 Å². The van der Waals surface area contributed by atoms with E-state index in [0.29, 0.717) is 11.3 Å². The summed E-state index contributed by atoms with van der Waals surface area (Å²) >= 11 is 0. The lowest BCUT2D eigenvalue weighted by Crippen LogP contribution is -3.12. The second kappa shape index (κ2) is 10.1. The third kappa shape index (κ3) is 5.51. The highest BCUT2D eigenvalue weighted by Crippen LogP contribution is 2.23. The molecule has 160 valence electrons. The Labute approximate surface area is 178 Å². The lowest BCUT2D eigenvalue weighted by Gasteiger charge is -2.32. The minimum Gasteiger partial charge on any atom is -0.496 e. The quantitative estimate of drug-likeness (QED) is 0.638. The van der Waals surface area contributed by atoms with Gasteiger partial charge in [-0.15, -0.1) is 0 Å². The van der Waals surface area contributed by atoms with E-state index in [4.69, 9.17) is 4.74 Å². The number of nitrogens with one attached hydrogen (secondary N) is 3. The van der Waals surface area contributed by atoms with Gasteiger partial charge in [-0.05, 0) is 42.8 Å². The van der Waals surface area contributed by atoms with E-state index >= 15 is 0 Å². The van der Waals surface area contributed by atoms with Crippen LogP contribution >= 0.6 is 0 Å². The molecule has 0 radical (unpaired) electrons. The SMILES string of the molecule is COc1ccccc1C(=O)NCCC(=O)Nc1ccc(N2CC[NH+](C)CC2)cc1C. The van der Waals surface area contributed by atoms with Crippen molar-refractivity contribution in [3.05, 3.63) is 53.6 Å². The van der Waals surface area contributed by atoms with Gasteiger partial charge in [-0.2, -0.15) is 0 Å². The molecule has 0 saturated carbocycles. The van der Waals surface area contributed by atoms with Gasteiger partial charge in [0.2, 0.25) is 5.91 Å². The summed E-state index contributed by atoms with van der Waals surface area (Å²) in [5, 5.41) is 5.72. The summed E-state index contributed by atoms with van der Waals surface area (Å²) in [4.78, 5) is 28.6. The molecule has 7 heteroatoms. The van der Waals surface area contributed by atoms with Crippen LogP contribution in [0.1, 0.15) is 22.3 Å². The highest BCUT2D eigenvalue weighted by Gasteiger charge is 2.18. The summed E-state index contributed by atoms with van der Waals surface area (Å²) in [6, 6.07) is 13.2. The molecule has 0 aliphatic carbocycles. The maximum Gasteiger partial charge on any atom is 0.255 e. The predicted molar refractivity (Wildman–Crippen MR) is 119 cm³/mol. The number of carbonyl (C=O) groups excluding carboxylic acids is 2. The third-order valence-corrected chi connectivity index (χ3v) is 5.46. The number of nitrogens with zero attached hydrogens (tertiary/aromatic N) is 1. The van der Waals surface area contributed by atoms with Gasteiger partial charge < -0.3 is 25.2 Å². The van der Waals surface area contributed by atoms with E-state index in [-0.39, 0.29) is 24.8 Å². The number of quaternary nitrogens is 1. The van der Waals surface area contributed by atoms with Crippen LogP contribution in [0.2, 0.25) is 0 Å². The highest BCUT2D eigenvalue weighted by atomic mass is 16.5. The lowest BCUT2D eigenvalue weighted by atomic mass is 10.1. The molecule has 1 heterocycles. The normalized spacial score (nSPS) is 14.3. The van der Waals surface area contributed by atoms with E-state index in [2.05, 4.69) is 34.7 Å². The maximum atomic E-state index is 12.3. The van der Waals surface area contributed by atoms with Crippen molar-refractivity contribution < 1.29 is 19.2 Å². The summed E-state index contributed by atoms with van der Waals surface area (Å²) in [6.07, 6.45) is 0.198. The van der Waals surface area contributed by atoms with Crippen LogP contribution < -0.4 is 25.2 Å². The smallest absolute Gasteiger partial charge is 0.255 e. The summed E-state index contributed by atoms with van der Waals surface area (Å²) in [6.45, 7) is 6.62. The van der Waals surface area contributed by atoms with E-state index < -0.39 is 0 Å². The molecule has 0 spiro atoms. The molecule has 0 unspecified atom stereocenters. The molecule has 1 fully saturated rings. The van der Waals surface area contributed by atoms with Crippen molar-refractivity contribution in [3.8, 4) is 5.75 Å². The number of para-hydroxylation sites is 1. The van der Waals surface area contributed by atoms with Crippen LogP contribution in [0.5, 0.6) is 5.75 Å². The third-order valence-electron chi connectivity index (χ3n) is 5.46. The Morgan fingerprint density at radius 1 is 1.13 bits per heavy atom. The molecule has 30 heavy (non-hydrogen) atoms. The van der Waals surface area contributed by atoms with Gasteiger partial charge in [0.15, 0.2) is 0 Å². The van der Waals surface area contributed by atoms with Crippen LogP contribution in [0.25, 0.3) is 0 Å². The van der Waals surface area contributed by atoms with Gasteiger partial charge in [0.1, 0.15) is 5.75 Å². The van der Waals surface area contributed by atoms with Crippen LogP contribution in [0.3, 0.4) is 0 Å². The standard InChI is InChI=1S/C23H30N4O3/c1-17-16-18(27-14-12-26(2)13-15-27)8-9-20(17)25-22(28)10-11-24-23(29)19-6-4-5-7-21(19)30-3/h4-9,16H,10-15H2,1-3H3,(H,24,29)(H,25,28)/p+1. The lowest BCUT2D eigenvalue weighted by molar-refractivity contribution is -0.880. The second-order valence-electron chi connectivity index (χ2n) is 7.70. The fourth-order valence-electron chi connectivity index (χ4n) is 3.56. The fourth-order valence-corrected chi connectivity index (χ4v) is 3.56. The first-order chi connectivity index (χ1) is 14.5. The molecule has 3 N–H and O–H groups in total. The maximum absolute atomic E-state index is 12.3. The average Bonchev–Trinajstić information content (AvgIpc) is 2.75. The van der Waals surface area contributed by atoms with Crippen LogP contribution in [-0.4, -0.2) is 58.7 Å². The Kier molecular flexibility index (Phi) is 7.30. The average molecular weight is 412 g/mol. The molecular formula is C23H31N4O3+. The van der Waals surface area contributed by atoms with Crippen LogP contribution in [0.4, 0.5) is 11.4 Å². The first-order valence-corrected chi connectivity index (χ1v) is 10.4. The number of rotatable bonds is 7. The van der Waals surface area contributed by atoms with E-state index in [1.807, 2.05) is 13.0 Å². The molecule has 0 bridgehead atoms. The number of amides is 2. The largest absolute Gasteiger partial charge is 0.496 e. The van der Waals surface area contributed by atoms with Gasteiger partial charge in [-0.25, -0.2) is 0 Å². The van der Waals surface area contributed by atoms with Crippen LogP contribution in [0, 0.1) is 6.92 Å². The minimum absolute atomic E-state index is 0.130. The van der Waals surface area contributed by atoms with Gasteiger partial charge in [-0.3, -0.25) is 9.59 Å². The van der Waals surface area contributed by atoms with Crippen molar-refractivity contribution in [3.63, 3.8) is 0 Å². The van der Waals surface area contributed by atoms with Gasteiger partial charge in [0.25, 0.3) is 5.91 Å². The van der Waals surface area contributed by atoms with Crippen molar-refractivity contribution in [2.24, 2.45) is 0 Å². The summed E-state index contributed by atoms with van der Waals surface area (Å²) in [5.41, 5.74) is 3.49. The monoisotopic (exact) mass is 411 g/mol. The van der Waals surface area contributed by atoms with E-state index in [1.165, 1.54) is 12.8 Å². The molecule has 0 aromatic heterocycles. The van der Waals surface area contributed by atoms with E-state index in [1.54, 1.807) is 29.2 Å². The van der Waals surface area contributed by atoms with Crippen molar-refractivity contribution in [1.82, 2.24) is 5.32 Å². The number of methoxy groups -OCH3 is 1. The molecule has 1 aliphatic rings. The number of aryl methyl sites for hydroxylation is 1. The minimum atomic E-state index is -0.255. The van der Waals surface area contributed by atoms with E-state index in [0.717, 1.165) is 37.4 Å². The Morgan fingerprint density at radius 3 is 2.57 bits per heavy atom. The Balaban J connectivity index is 1.49. The Morgan fingerprint density at radius 2 is 1.87 bits per heavy atom. The molecule has 2 aromatic rings. The van der Waals surface area contributed by atoms with Crippen LogP contribution in [-0.2, 0) is 4.79 Å². The molecule has 2 aromatic carbocycles. The zero-order valence-electron chi connectivity index (χ0n) is 18.0. The van der Waals surface area contributed by atoms with Gasteiger partial charge in [0.05, 0.1) is 45.9 Å². The van der Waals surface area contributed by atoms with Crippen molar-refractivity contribution in [1.29, 1.82) is 0 Å². The first-order valence-electron chi connectivity index (χ1n) is 10.4. The number of anilines is 2. The zero-order chi connectivity index (χ0) is 21.5. The number of hydrogen-bond acceptors (Lipinski definition) is 4. The molecular weight excluding hydrogens is 380 g/mol. The fraction of sp³-hybridized carbons (Fsp3) is 0.391. The molecule has 0 atom stereocenters. The first kappa shape index (κ1) is 21.6. The second-order valence-corrected chi connectivity index (χ2v) is 7.70. The van der Waals surface area contributed by atoms with Crippen molar-refractivity contribution >= 4 is 23.2 Å². The topological polar surface area (TPSA) is 75.1 Å². The van der Waals surface area contributed by atoms with Gasteiger partial charge >= 0.3 is 0 Å². The molecule has 7 nitrogen and oxygen atoms in total. The molecule has 2 amide bonds. The van der Waals surface area contributed by atoms with E-state index in [9.17, 15) is 9.59 Å². The van der Waals surface area contributed by atoms with Gasteiger partial charge in [0, 0.05) is 24.3 Å². The number of benzene rings is 2. The van der Waals surface area contributed by atoms with Crippen molar-refractivity contribution in [2.45, 2.75) is 13.3 Å². The summed E-state index contributed by atoms with van der Waals surface area (Å²) < 4.78 is 5.20. The van der Waals surface area contributed by atoms with Crippen molar-refractivity contribution in [2.75, 3.05) is 57.1 Å². The molecule has 3 rings (SSSR count). The number of carbonyl (C=O) groups is 2. The summed E-state index contributed by atoms with van der Waals surface area (Å²) in [5.74, 6) is 0.126. The number of ether oxygens (including phenoxy) is 1. The molecule has 1 aliphatic heterocycles.